The molecule has 0 saturated carbocycles. The average molecular weight is 295 g/mol. The molecule has 0 aliphatic heterocycles. The number of rotatable bonds is 7. The van der Waals surface area contributed by atoms with Crippen molar-refractivity contribution >= 4 is 11.3 Å². The van der Waals surface area contributed by atoms with Gasteiger partial charge in [-0.2, -0.15) is 0 Å². The van der Waals surface area contributed by atoms with E-state index in [1.165, 1.54) is 10.9 Å². The molecular weight excluding hydrogens is 276 g/mol. The predicted octanol–water partition coefficient (Wildman–Crippen LogP) is 4.70. The molecule has 0 saturated heterocycles. The predicted molar refractivity (Wildman–Crippen MR) is 80.0 cm³/mol. The molecule has 2 aromatic rings. The lowest BCUT2D eigenvalue weighted by molar-refractivity contribution is 0.470. The molecule has 0 aliphatic rings. The Labute approximate surface area is 122 Å². The van der Waals surface area contributed by atoms with Crippen LogP contribution in [0.3, 0.4) is 0 Å². The van der Waals surface area contributed by atoms with Crippen molar-refractivity contribution in [2.24, 2.45) is 0 Å². The van der Waals surface area contributed by atoms with Gasteiger partial charge in [-0.1, -0.05) is 19.1 Å². The first kappa shape index (κ1) is 15.1. The molecule has 0 amide bonds. The second-order valence-corrected chi connectivity index (χ2v) is 5.82. The van der Waals surface area contributed by atoms with Crippen LogP contribution >= 0.6 is 11.3 Å². The highest BCUT2D eigenvalue weighted by Gasteiger charge is 2.16. The fraction of sp³-hybridized carbons (Fsp3) is 0.375. The van der Waals surface area contributed by atoms with Gasteiger partial charge in [-0.3, -0.25) is 0 Å². The van der Waals surface area contributed by atoms with Crippen LogP contribution in [0, 0.1) is 11.6 Å². The Morgan fingerprint density at radius 3 is 2.75 bits per heavy atom. The largest absolute Gasteiger partial charge is 0.310 e. The Balaban J connectivity index is 2.09. The van der Waals surface area contributed by atoms with Gasteiger partial charge in [-0.25, -0.2) is 8.78 Å². The molecular formula is C16H19F2NS. The minimum Gasteiger partial charge on any atom is -0.310 e. The molecule has 0 radical (unpaired) electrons. The summed E-state index contributed by atoms with van der Waals surface area (Å²) in [5.74, 6) is -0.997. The molecule has 1 N–H and O–H groups in total. The van der Waals surface area contributed by atoms with Gasteiger partial charge in [0.05, 0.1) is 0 Å². The van der Waals surface area contributed by atoms with Crippen LogP contribution in [-0.2, 0) is 6.42 Å². The fourth-order valence-electron chi connectivity index (χ4n) is 2.21. The molecule has 1 aromatic carbocycles. The van der Waals surface area contributed by atoms with Crippen LogP contribution in [0.4, 0.5) is 8.78 Å². The van der Waals surface area contributed by atoms with Crippen LogP contribution < -0.4 is 5.32 Å². The Kier molecular flexibility index (Phi) is 5.68. The number of nitrogens with one attached hydrogen (secondary N) is 1. The van der Waals surface area contributed by atoms with E-state index in [4.69, 9.17) is 0 Å². The molecule has 0 aliphatic carbocycles. The van der Waals surface area contributed by atoms with E-state index in [-0.39, 0.29) is 6.04 Å². The molecule has 1 aromatic heterocycles. The monoisotopic (exact) mass is 295 g/mol. The highest BCUT2D eigenvalue weighted by atomic mass is 32.1. The lowest BCUT2D eigenvalue weighted by Crippen LogP contribution is -2.23. The number of thiophene rings is 1. The van der Waals surface area contributed by atoms with Crippen LogP contribution in [0.25, 0.3) is 0 Å². The van der Waals surface area contributed by atoms with Gasteiger partial charge in [0.15, 0.2) is 0 Å². The zero-order valence-electron chi connectivity index (χ0n) is 11.5. The van der Waals surface area contributed by atoms with Crippen LogP contribution in [0.5, 0.6) is 0 Å². The third kappa shape index (κ3) is 4.12. The van der Waals surface area contributed by atoms with Crippen LogP contribution in [-0.4, -0.2) is 6.54 Å². The van der Waals surface area contributed by atoms with Crippen LogP contribution in [0.15, 0.2) is 35.7 Å². The lowest BCUT2D eigenvalue weighted by atomic mass is 10.0. The second-order valence-electron chi connectivity index (χ2n) is 4.79. The van der Waals surface area contributed by atoms with Crippen LogP contribution in [0.1, 0.15) is 36.2 Å². The van der Waals surface area contributed by atoms with Gasteiger partial charge < -0.3 is 5.32 Å². The van der Waals surface area contributed by atoms with Crippen molar-refractivity contribution in [3.63, 3.8) is 0 Å². The number of benzene rings is 1. The molecule has 1 atom stereocenters. The topological polar surface area (TPSA) is 12.0 Å². The molecule has 0 spiro atoms. The van der Waals surface area contributed by atoms with Gasteiger partial charge in [0.25, 0.3) is 0 Å². The molecule has 0 bridgehead atoms. The third-order valence-electron chi connectivity index (χ3n) is 3.24. The maximum atomic E-state index is 13.9. The van der Waals surface area contributed by atoms with E-state index in [2.05, 4.69) is 18.3 Å². The van der Waals surface area contributed by atoms with E-state index in [0.29, 0.717) is 5.56 Å². The van der Waals surface area contributed by atoms with Gasteiger partial charge in [0, 0.05) is 22.5 Å². The number of halogens is 2. The molecule has 2 rings (SSSR count). The maximum absolute atomic E-state index is 13.9. The molecule has 1 unspecified atom stereocenters. The molecule has 1 heterocycles. The Bertz CT molecular complexity index is 525. The molecule has 0 fully saturated rings. The van der Waals surface area contributed by atoms with Gasteiger partial charge in [0.1, 0.15) is 11.6 Å². The van der Waals surface area contributed by atoms with Gasteiger partial charge in [-0.15, -0.1) is 11.3 Å². The first-order valence-electron chi connectivity index (χ1n) is 6.91. The Morgan fingerprint density at radius 2 is 2.10 bits per heavy atom. The summed E-state index contributed by atoms with van der Waals surface area (Å²) in [6, 6.07) is 7.87. The Hall–Kier alpha value is -1.26. The van der Waals surface area contributed by atoms with Gasteiger partial charge in [0.2, 0.25) is 0 Å². The van der Waals surface area contributed by atoms with E-state index in [9.17, 15) is 8.78 Å². The average Bonchev–Trinajstić information content (AvgIpc) is 2.93. The Morgan fingerprint density at radius 1 is 1.25 bits per heavy atom. The number of hydrogen-bond acceptors (Lipinski definition) is 2. The van der Waals surface area contributed by atoms with Crippen molar-refractivity contribution in [3.8, 4) is 0 Å². The smallest absolute Gasteiger partial charge is 0.130 e. The van der Waals surface area contributed by atoms with Crippen LogP contribution in [0.2, 0.25) is 0 Å². The quantitative estimate of drug-likeness (QED) is 0.780. The summed E-state index contributed by atoms with van der Waals surface area (Å²) in [5, 5.41) is 5.39. The maximum Gasteiger partial charge on any atom is 0.130 e. The number of hydrogen-bond donors (Lipinski definition) is 1. The minimum atomic E-state index is -0.529. The lowest BCUT2D eigenvalue weighted by Gasteiger charge is -2.19. The van der Waals surface area contributed by atoms with E-state index in [1.807, 2.05) is 11.4 Å². The van der Waals surface area contributed by atoms with E-state index < -0.39 is 11.6 Å². The molecule has 20 heavy (non-hydrogen) atoms. The van der Waals surface area contributed by atoms with Gasteiger partial charge >= 0.3 is 0 Å². The van der Waals surface area contributed by atoms with Crippen molar-refractivity contribution < 1.29 is 8.78 Å². The second kappa shape index (κ2) is 7.50. The van der Waals surface area contributed by atoms with Crippen molar-refractivity contribution in [3.05, 3.63) is 57.8 Å². The third-order valence-corrected chi connectivity index (χ3v) is 4.17. The normalized spacial score (nSPS) is 12.6. The number of aryl methyl sites for hydroxylation is 1. The van der Waals surface area contributed by atoms with E-state index in [1.54, 1.807) is 17.4 Å². The summed E-state index contributed by atoms with van der Waals surface area (Å²) < 4.78 is 26.9. The summed E-state index contributed by atoms with van der Waals surface area (Å²) >= 11 is 1.71. The summed E-state index contributed by atoms with van der Waals surface area (Å²) in [6.07, 6.45) is 2.69. The molecule has 4 heteroatoms. The first-order valence-corrected chi connectivity index (χ1v) is 7.79. The summed E-state index contributed by atoms with van der Waals surface area (Å²) in [6.45, 7) is 2.90. The first-order chi connectivity index (χ1) is 9.70. The van der Waals surface area contributed by atoms with Crippen molar-refractivity contribution in [1.29, 1.82) is 0 Å². The highest BCUT2D eigenvalue weighted by Crippen LogP contribution is 2.24. The summed E-state index contributed by atoms with van der Waals surface area (Å²) in [5.41, 5.74) is 0.552. The van der Waals surface area contributed by atoms with Crippen molar-refractivity contribution in [2.75, 3.05) is 6.54 Å². The molecule has 108 valence electrons. The standard InChI is InChI=1S/C16H19F2NS/c1-2-9-19-16(8-6-13-4-3-10-20-13)14-7-5-12(17)11-15(14)18/h3-5,7,10-11,16,19H,2,6,8-9H2,1H3. The highest BCUT2D eigenvalue weighted by molar-refractivity contribution is 7.09. The van der Waals surface area contributed by atoms with Crippen molar-refractivity contribution in [1.82, 2.24) is 5.32 Å². The fourth-order valence-corrected chi connectivity index (χ4v) is 2.94. The zero-order chi connectivity index (χ0) is 14.4. The zero-order valence-corrected chi connectivity index (χ0v) is 12.4. The summed E-state index contributed by atoms with van der Waals surface area (Å²) in [4.78, 5) is 1.29. The summed E-state index contributed by atoms with van der Waals surface area (Å²) in [7, 11) is 0. The van der Waals surface area contributed by atoms with E-state index >= 15 is 0 Å². The molecule has 1 nitrogen and oxygen atoms in total. The SMILES string of the molecule is CCCNC(CCc1cccs1)c1ccc(F)cc1F. The van der Waals surface area contributed by atoms with E-state index in [0.717, 1.165) is 31.9 Å². The minimum absolute atomic E-state index is 0.0716. The van der Waals surface area contributed by atoms with Crippen molar-refractivity contribution in [2.45, 2.75) is 32.2 Å². The van der Waals surface area contributed by atoms with Gasteiger partial charge in [-0.05, 0) is 43.3 Å².